The third kappa shape index (κ3) is 3.90. The number of aromatic nitrogens is 5. The van der Waals surface area contributed by atoms with E-state index in [9.17, 15) is 9.18 Å². The summed E-state index contributed by atoms with van der Waals surface area (Å²) < 4.78 is 16.5. The van der Waals surface area contributed by atoms with Crippen LogP contribution >= 0.6 is 0 Å². The SMILES string of the molecule is CC[C@@H](C)n1nccc1NC(=O)c1cn(Cc2cccc(F)c2)nn1. The second-order valence-corrected chi connectivity index (χ2v) is 5.80. The molecule has 1 amide bonds. The molecule has 0 spiro atoms. The summed E-state index contributed by atoms with van der Waals surface area (Å²) in [6.45, 7) is 4.41. The molecule has 3 aromatic rings. The normalized spacial score (nSPS) is 12.1. The van der Waals surface area contributed by atoms with Crippen molar-refractivity contribution in [2.75, 3.05) is 5.32 Å². The fourth-order valence-corrected chi connectivity index (χ4v) is 2.42. The standard InChI is InChI=1S/C17H19FN6O/c1-3-12(2)24-16(7-8-19-24)20-17(25)15-11-23(22-21-15)10-13-5-4-6-14(18)9-13/h4-9,11-12H,3,10H2,1-2H3,(H,20,25)/t12-/m1/s1. The summed E-state index contributed by atoms with van der Waals surface area (Å²) in [6.07, 6.45) is 4.07. The van der Waals surface area contributed by atoms with Crippen LogP contribution in [0.5, 0.6) is 0 Å². The number of carbonyl (C=O) groups is 1. The van der Waals surface area contributed by atoms with Gasteiger partial charge in [0.05, 0.1) is 25.0 Å². The van der Waals surface area contributed by atoms with E-state index in [-0.39, 0.29) is 23.5 Å². The number of nitrogens with one attached hydrogen (secondary N) is 1. The molecule has 25 heavy (non-hydrogen) atoms. The minimum Gasteiger partial charge on any atom is -0.305 e. The average Bonchev–Trinajstić information content (AvgIpc) is 3.23. The zero-order valence-electron chi connectivity index (χ0n) is 14.1. The highest BCUT2D eigenvalue weighted by Crippen LogP contribution is 2.17. The first-order chi connectivity index (χ1) is 12.1. The van der Waals surface area contributed by atoms with Gasteiger partial charge in [0.15, 0.2) is 5.69 Å². The van der Waals surface area contributed by atoms with E-state index in [2.05, 4.69) is 27.7 Å². The number of amides is 1. The Bertz CT molecular complexity index is 871. The summed E-state index contributed by atoms with van der Waals surface area (Å²) in [7, 11) is 0. The molecule has 0 aliphatic carbocycles. The van der Waals surface area contributed by atoms with Gasteiger partial charge in [0.25, 0.3) is 5.91 Å². The highest BCUT2D eigenvalue weighted by atomic mass is 19.1. The van der Waals surface area contributed by atoms with E-state index < -0.39 is 0 Å². The molecule has 2 heterocycles. The maximum Gasteiger partial charge on any atom is 0.278 e. The van der Waals surface area contributed by atoms with Crippen LogP contribution in [0.3, 0.4) is 0 Å². The lowest BCUT2D eigenvalue weighted by Crippen LogP contribution is -2.17. The first-order valence-corrected chi connectivity index (χ1v) is 8.06. The highest BCUT2D eigenvalue weighted by molar-refractivity contribution is 6.02. The zero-order valence-corrected chi connectivity index (χ0v) is 14.1. The van der Waals surface area contributed by atoms with Crippen molar-refractivity contribution in [3.05, 3.63) is 59.8 Å². The maximum atomic E-state index is 13.2. The first kappa shape index (κ1) is 16.8. The van der Waals surface area contributed by atoms with Gasteiger partial charge in [-0.05, 0) is 31.0 Å². The summed E-state index contributed by atoms with van der Waals surface area (Å²) in [4.78, 5) is 12.4. The van der Waals surface area contributed by atoms with Gasteiger partial charge >= 0.3 is 0 Å². The second-order valence-electron chi connectivity index (χ2n) is 5.80. The predicted molar refractivity (Wildman–Crippen MR) is 90.7 cm³/mol. The van der Waals surface area contributed by atoms with Gasteiger partial charge in [-0.2, -0.15) is 5.10 Å². The number of benzene rings is 1. The number of hydrogen-bond donors (Lipinski definition) is 1. The van der Waals surface area contributed by atoms with Gasteiger partial charge in [-0.3, -0.25) is 4.79 Å². The zero-order chi connectivity index (χ0) is 17.8. The van der Waals surface area contributed by atoms with E-state index >= 15 is 0 Å². The van der Waals surface area contributed by atoms with Crippen LogP contribution in [-0.4, -0.2) is 30.7 Å². The monoisotopic (exact) mass is 342 g/mol. The Kier molecular flexibility index (Phi) is 4.87. The third-order valence-electron chi connectivity index (χ3n) is 3.93. The van der Waals surface area contributed by atoms with Crippen molar-refractivity contribution in [1.29, 1.82) is 0 Å². The lowest BCUT2D eigenvalue weighted by Gasteiger charge is -2.13. The number of halogens is 1. The van der Waals surface area contributed by atoms with E-state index in [4.69, 9.17) is 0 Å². The molecule has 1 atom stereocenters. The van der Waals surface area contributed by atoms with E-state index in [0.717, 1.165) is 12.0 Å². The Morgan fingerprint density at radius 1 is 1.36 bits per heavy atom. The summed E-state index contributed by atoms with van der Waals surface area (Å²) in [6, 6.07) is 8.13. The van der Waals surface area contributed by atoms with Crippen LogP contribution < -0.4 is 5.32 Å². The van der Waals surface area contributed by atoms with Crippen molar-refractivity contribution in [3.63, 3.8) is 0 Å². The fraction of sp³-hybridized carbons (Fsp3) is 0.294. The Balaban J connectivity index is 1.70. The molecule has 0 radical (unpaired) electrons. The van der Waals surface area contributed by atoms with Gasteiger partial charge in [-0.15, -0.1) is 5.10 Å². The lowest BCUT2D eigenvalue weighted by molar-refractivity contribution is 0.102. The Labute approximate surface area is 144 Å². The molecule has 1 aromatic carbocycles. The average molecular weight is 342 g/mol. The minimum atomic E-state index is -0.365. The molecule has 7 nitrogen and oxygen atoms in total. The Hall–Kier alpha value is -3.03. The number of carbonyl (C=O) groups excluding carboxylic acids is 1. The summed E-state index contributed by atoms with van der Waals surface area (Å²) >= 11 is 0. The van der Waals surface area contributed by atoms with Crippen LogP contribution in [0.2, 0.25) is 0 Å². The third-order valence-corrected chi connectivity index (χ3v) is 3.93. The van der Waals surface area contributed by atoms with Gasteiger partial charge < -0.3 is 5.32 Å². The molecule has 0 saturated carbocycles. The van der Waals surface area contributed by atoms with Gasteiger partial charge in [0.2, 0.25) is 0 Å². The molecular formula is C17H19FN6O. The van der Waals surface area contributed by atoms with Gasteiger partial charge in [-0.1, -0.05) is 24.3 Å². The molecule has 8 heteroatoms. The minimum absolute atomic E-state index is 0.175. The molecule has 0 aliphatic rings. The van der Waals surface area contributed by atoms with Gasteiger partial charge in [0.1, 0.15) is 11.6 Å². The smallest absolute Gasteiger partial charge is 0.278 e. The highest BCUT2D eigenvalue weighted by Gasteiger charge is 2.15. The topological polar surface area (TPSA) is 77.6 Å². The second kappa shape index (κ2) is 7.25. The van der Waals surface area contributed by atoms with E-state index in [1.807, 2.05) is 6.92 Å². The molecule has 0 fully saturated rings. The molecule has 1 N–H and O–H groups in total. The molecule has 0 saturated heterocycles. The van der Waals surface area contributed by atoms with Crippen molar-refractivity contribution in [3.8, 4) is 0 Å². The van der Waals surface area contributed by atoms with Crippen LogP contribution in [0.4, 0.5) is 10.2 Å². The molecular weight excluding hydrogens is 323 g/mol. The molecule has 130 valence electrons. The number of rotatable bonds is 6. The predicted octanol–water partition coefficient (Wildman–Crippen LogP) is 2.89. The molecule has 3 rings (SSSR count). The van der Waals surface area contributed by atoms with Crippen LogP contribution in [0.25, 0.3) is 0 Å². The maximum absolute atomic E-state index is 13.2. The van der Waals surface area contributed by atoms with E-state index in [1.54, 1.807) is 29.1 Å². The van der Waals surface area contributed by atoms with Gasteiger partial charge in [0, 0.05) is 6.07 Å². The summed E-state index contributed by atoms with van der Waals surface area (Å²) in [5.74, 6) is -0.0662. The van der Waals surface area contributed by atoms with E-state index in [0.29, 0.717) is 12.4 Å². The Morgan fingerprint density at radius 3 is 2.96 bits per heavy atom. The molecule has 0 aliphatic heterocycles. The largest absolute Gasteiger partial charge is 0.305 e. The number of nitrogens with zero attached hydrogens (tertiary/aromatic N) is 5. The van der Waals surface area contributed by atoms with Crippen molar-refractivity contribution >= 4 is 11.7 Å². The first-order valence-electron chi connectivity index (χ1n) is 8.06. The van der Waals surface area contributed by atoms with Gasteiger partial charge in [-0.25, -0.2) is 13.8 Å². The number of hydrogen-bond acceptors (Lipinski definition) is 4. The summed E-state index contributed by atoms with van der Waals surface area (Å²) in [5, 5.41) is 14.8. The molecule has 2 aromatic heterocycles. The molecule has 0 bridgehead atoms. The van der Waals surface area contributed by atoms with Crippen molar-refractivity contribution in [2.45, 2.75) is 32.9 Å². The van der Waals surface area contributed by atoms with Crippen molar-refractivity contribution < 1.29 is 9.18 Å². The number of anilines is 1. The van der Waals surface area contributed by atoms with Crippen molar-refractivity contribution in [1.82, 2.24) is 24.8 Å². The quantitative estimate of drug-likeness (QED) is 0.747. The van der Waals surface area contributed by atoms with Crippen LogP contribution in [-0.2, 0) is 6.54 Å². The van der Waals surface area contributed by atoms with Crippen molar-refractivity contribution in [2.24, 2.45) is 0 Å². The summed E-state index contributed by atoms with van der Waals surface area (Å²) in [5.41, 5.74) is 0.931. The van der Waals surface area contributed by atoms with E-state index in [1.165, 1.54) is 23.0 Å². The van der Waals surface area contributed by atoms with Crippen LogP contribution in [0.15, 0.2) is 42.7 Å². The van der Waals surface area contributed by atoms with Crippen LogP contribution in [0, 0.1) is 5.82 Å². The lowest BCUT2D eigenvalue weighted by atomic mass is 10.2. The van der Waals surface area contributed by atoms with Crippen LogP contribution in [0.1, 0.15) is 42.4 Å². The fourth-order valence-electron chi connectivity index (χ4n) is 2.42. The molecule has 0 unspecified atom stereocenters. The Morgan fingerprint density at radius 2 is 2.20 bits per heavy atom.